The second-order valence-corrected chi connectivity index (χ2v) is 12.6. The minimum absolute atomic E-state index is 0.00671. The van der Waals surface area contributed by atoms with Gasteiger partial charge in [-0.25, -0.2) is 26.5 Å². The summed E-state index contributed by atoms with van der Waals surface area (Å²) >= 11 is 6.43. The zero-order valence-corrected chi connectivity index (χ0v) is 26.3. The highest BCUT2D eigenvalue weighted by Gasteiger charge is 2.45. The van der Waals surface area contributed by atoms with Gasteiger partial charge in [0, 0.05) is 43.9 Å². The molecule has 0 spiro atoms. The van der Waals surface area contributed by atoms with E-state index >= 15 is 8.78 Å². The van der Waals surface area contributed by atoms with Gasteiger partial charge < -0.3 is 24.0 Å². The second kappa shape index (κ2) is 12.8. The highest BCUT2D eigenvalue weighted by Crippen LogP contribution is 2.41. The van der Waals surface area contributed by atoms with E-state index in [2.05, 4.69) is 4.98 Å². The largest absolute Gasteiger partial charge is 0.497 e. The molecule has 2 heterocycles. The molecule has 4 rings (SSSR count). The van der Waals surface area contributed by atoms with Crippen LogP contribution < -0.4 is 18.7 Å². The number of hydrogen-bond acceptors (Lipinski definition) is 8. The zero-order chi connectivity index (χ0) is 31.7. The van der Waals surface area contributed by atoms with Crippen molar-refractivity contribution in [1.29, 1.82) is 0 Å². The van der Waals surface area contributed by atoms with Gasteiger partial charge in [0.1, 0.15) is 33.8 Å². The molecule has 3 aromatic rings. The van der Waals surface area contributed by atoms with Crippen LogP contribution in [-0.4, -0.2) is 78.5 Å². The maximum Gasteiger partial charge on any atom is 0.271 e. The Balaban J connectivity index is 1.80. The first-order valence-electron chi connectivity index (χ1n) is 13.3. The van der Waals surface area contributed by atoms with E-state index in [1.807, 2.05) is 25.9 Å². The number of benzene rings is 2. The van der Waals surface area contributed by atoms with Gasteiger partial charge in [-0.15, -0.1) is 0 Å². The van der Waals surface area contributed by atoms with Gasteiger partial charge in [0.2, 0.25) is 5.95 Å². The lowest BCUT2D eigenvalue weighted by Gasteiger charge is -2.38. The van der Waals surface area contributed by atoms with Crippen molar-refractivity contribution in [1.82, 2.24) is 9.88 Å². The van der Waals surface area contributed by atoms with Crippen LogP contribution in [-0.2, 0) is 21.3 Å². The number of methoxy groups -OCH3 is 3. The van der Waals surface area contributed by atoms with Gasteiger partial charge in [-0.05, 0) is 51.7 Å². The first-order valence-corrected chi connectivity index (χ1v) is 15.1. The Morgan fingerprint density at radius 3 is 2.42 bits per heavy atom. The molecule has 1 aliphatic heterocycles. The second-order valence-electron chi connectivity index (χ2n) is 10.4. The first kappa shape index (κ1) is 32.6. The summed E-state index contributed by atoms with van der Waals surface area (Å²) in [6.45, 7) is 2.12. The van der Waals surface area contributed by atoms with E-state index < -0.39 is 55.5 Å². The number of anilines is 2. The summed E-state index contributed by atoms with van der Waals surface area (Å²) in [4.78, 5) is 6.04. The first-order chi connectivity index (χ1) is 20.3. The van der Waals surface area contributed by atoms with Crippen LogP contribution in [0.5, 0.6) is 11.5 Å². The molecule has 1 aliphatic rings. The molecular weight excluding hydrogens is 609 g/mol. The van der Waals surface area contributed by atoms with Gasteiger partial charge >= 0.3 is 0 Å². The fourth-order valence-electron chi connectivity index (χ4n) is 5.27. The highest BCUT2D eigenvalue weighted by atomic mass is 35.5. The average molecular weight is 643 g/mol. The number of nitrogens with zero attached hydrogens (tertiary/aromatic N) is 4. The summed E-state index contributed by atoms with van der Waals surface area (Å²) in [7, 11) is 3.14. The third-order valence-corrected chi connectivity index (χ3v) is 10.1. The number of aromatic nitrogens is 1. The van der Waals surface area contributed by atoms with Gasteiger partial charge in [0.25, 0.3) is 10.0 Å². The lowest BCUT2D eigenvalue weighted by Crippen LogP contribution is -2.51. The number of likely N-dealkylation sites (N-methyl/N-ethyl adjacent to an activating group) is 1. The van der Waals surface area contributed by atoms with E-state index in [1.165, 1.54) is 38.5 Å². The van der Waals surface area contributed by atoms with E-state index in [-0.39, 0.29) is 24.0 Å². The number of sulfonamides is 1. The van der Waals surface area contributed by atoms with E-state index in [1.54, 1.807) is 18.1 Å². The molecule has 234 valence electrons. The summed E-state index contributed by atoms with van der Waals surface area (Å²) < 4.78 is 91.1. The normalized spacial score (nSPS) is 17.8. The molecule has 43 heavy (non-hydrogen) atoms. The average Bonchev–Trinajstić information content (AvgIpc) is 3.42. The molecule has 1 fully saturated rings. The maximum absolute atomic E-state index is 16.0. The molecule has 0 aliphatic carbocycles. The summed E-state index contributed by atoms with van der Waals surface area (Å²) in [6.07, 6.45) is 0.547. The highest BCUT2D eigenvalue weighted by molar-refractivity contribution is 7.92. The quantitative estimate of drug-likeness (QED) is 0.211. The number of halogens is 4. The van der Waals surface area contributed by atoms with Gasteiger partial charge in [0.05, 0.1) is 26.5 Å². The summed E-state index contributed by atoms with van der Waals surface area (Å²) in [5.41, 5.74) is -0.362. The molecule has 2 aromatic carbocycles. The van der Waals surface area contributed by atoms with E-state index in [0.717, 1.165) is 12.1 Å². The zero-order valence-electron chi connectivity index (χ0n) is 24.7. The molecular formula is C29H34ClF3N4O5S. The van der Waals surface area contributed by atoms with Crippen molar-refractivity contribution in [2.75, 3.05) is 57.7 Å². The van der Waals surface area contributed by atoms with Crippen LogP contribution >= 0.6 is 11.6 Å². The molecule has 1 saturated heterocycles. The van der Waals surface area contributed by atoms with Crippen LogP contribution in [0.25, 0.3) is 0 Å². The molecule has 0 amide bonds. The SMILES string of the molecule is COc1ccc(CN(c2cccc(F)n2)S(=O)(=O)c2c(F)cc(N3CC[C@](OC)([C@H](C)N(C)C)C3)c(Cl)c2F)c(OC)c1. The van der Waals surface area contributed by atoms with Crippen LogP contribution in [0, 0.1) is 17.6 Å². The van der Waals surface area contributed by atoms with Crippen LogP contribution in [0.1, 0.15) is 18.9 Å². The monoisotopic (exact) mass is 642 g/mol. The number of rotatable bonds is 11. The lowest BCUT2D eigenvalue weighted by molar-refractivity contribution is -0.0456. The van der Waals surface area contributed by atoms with Crippen LogP contribution in [0.4, 0.5) is 24.7 Å². The standard InChI is InChI=1S/C29H34ClF3N4O5S/c1-18(35(2)3)29(42-6)12-13-36(17-29)22-15-21(31)28(27(33)26(22)30)43(38,39)37(25-9-7-8-24(32)34-25)16-19-10-11-20(40-4)14-23(19)41-5/h7-11,14-15,18H,12-13,16-17H2,1-6H3/t18-,29+/m0/s1. The predicted molar refractivity (Wildman–Crippen MR) is 158 cm³/mol. The van der Waals surface area contributed by atoms with Crippen molar-refractivity contribution in [2.24, 2.45) is 0 Å². The van der Waals surface area contributed by atoms with Gasteiger partial charge in [-0.3, -0.25) is 0 Å². The van der Waals surface area contributed by atoms with E-state index in [0.29, 0.717) is 28.6 Å². The Morgan fingerprint density at radius 2 is 1.81 bits per heavy atom. The summed E-state index contributed by atoms with van der Waals surface area (Å²) in [5, 5.41) is -0.571. The van der Waals surface area contributed by atoms with Crippen LogP contribution in [0.3, 0.4) is 0 Å². The Labute approximate surface area is 254 Å². The van der Waals surface area contributed by atoms with Crippen LogP contribution in [0.2, 0.25) is 5.02 Å². The van der Waals surface area contributed by atoms with Crippen molar-refractivity contribution in [3.05, 3.63) is 70.6 Å². The molecule has 0 saturated carbocycles. The van der Waals surface area contributed by atoms with Crippen molar-refractivity contribution in [2.45, 2.75) is 36.4 Å². The summed E-state index contributed by atoms with van der Waals surface area (Å²) in [5.74, 6) is -3.58. The molecule has 14 heteroatoms. The molecule has 9 nitrogen and oxygen atoms in total. The Bertz CT molecular complexity index is 1600. The van der Waals surface area contributed by atoms with Crippen molar-refractivity contribution < 1.29 is 35.8 Å². The number of pyridine rings is 1. The third-order valence-electron chi connectivity index (χ3n) is 7.96. The lowest BCUT2D eigenvalue weighted by atomic mass is 9.93. The van der Waals surface area contributed by atoms with Crippen molar-refractivity contribution >= 4 is 33.1 Å². The Morgan fingerprint density at radius 1 is 1.09 bits per heavy atom. The van der Waals surface area contributed by atoms with Gasteiger partial charge in [-0.1, -0.05) is 17.7 Å². The molecule has 2 atom stereocenters. The number of hydrogen-bond donors (Lipinski definition) is 0. The predicted octanol–water partition coefficient (Wildman–Crippen LogP) is 5.11. The fourth-order valence-corrected chi connectivity index (χ4v) is 7.10. The molecule has 0 bridgehead atoms. The molecule has 1 aromatic heterocycles. The summed E-state index contributed by atoms with van der Waals surface area (Å²) in [6, 6.07) is 8.91. The number of ether oxygens (including phenoxy) is 3. The topological polar surface area (TPSA) is 84.4 Å². The molecule has 0 radical (unpaired) electrons. The van der Waals surface area contributed by atoms with Crippen molar-refractivity contribution in [3.8, 4) is 11.5 Å². The molecule has 0 N–H and O–H groups in total. The minimum Gasteiger partial charge on any atom is -0.497 e. The fraction of sp³-hybridized carbons (Fsp3) is 0.414. The van der Waals surface area contributed by atoms with Crippen molar-refractivity contribution in [3.63, 3.8) is 0 Å². The van der Waals surface area contributed by atoms with Gasteiger partial charge in [-0.2, -0.15) is 4.39 Å². The molecule has 0 unspecified atom stereocenters. The van der Waals surface area contributed by atoms with Gasteiger partial charge in [0.15, 0.2) is 10.7 Å². The Kier molecular flexibility index (Phi) is 9.69. The van der Waals surface area contributed by atoms with E-state index in [9.17, 15) is 12.8 Å². The smallest absolute Gasteiger partial charge is 0.271 e. The minimum atomic E-state index is -5.05. The Hall–Kier alpha value is -3.26. The van der Waals surface area contributed by atoms with E-state index in [4.69, 9.17) is 25.8 Å². The van der Waals surface area contributed by atoms with Crippen LogP contribution in [0.15, 0.2) is 47.4 Å². The maximum atomic E-state index is 16.0. The third kappa shape index (κ3) is 6.21.